The molecule has 0 radical (unpaired) electrons. The van der Waals surface area contributed by atoms with Crippen LogP contribution in [0.1, 0.15) is 40.0 Å². The molecule has 2 rings (SSSR count). The van der Waals surface area contributed by atoms with Crippen LogP contribution in [0.15, 0.2) is 71.8 Å². The standard InChI is InChI=1S/C27H34ClN2O4PSi/c1-27(2,3)36(25-14-6-4-7-15-25,26-16-8-5-9-17-26)34-23-24(28)13-10-22-35(31,32-20-11-18-29)33-21-12-19-30/h4-9,13-17H,10-12,20-23H2,1-3H3/b24-13-. The highest BCUT2D eigenvalue weighted by atomic mass is 35.5. The van der Waals surface area contributed by atoms with Crippen LogP contribution >= 0.6 is 19.2 Å². The van der Waals surface area contributed by atoms with Gasteiger partial charge in [0.25, 0.3) is 8.32 Å². The highest BCUT2D eigenvalue weighted by molar-refractivity contribution is 7.53. The summed E-state index contributed by atoms with van der Waals surface area (Å²) in [4.78, 5) is 0. The van der Waals surface area contributed by atoms with Crippen molar-refractivity contribution in [2.75, 3.05) is 26.0 Å². The minimum absolute atomic E-state index is 0.00867. The Bertz CT molecular complexity index is 1050. The maximum atomic E-state index is 13.0. The van der Waals surface area contributed by atoms with Crippen molar-refractivity contribution in [1.82, 2.24) is 0 Å². The molecule has 0 unspecified atom stereocenters. The summed E-state index contributed by atoms with van der Waals surface area (Å²) in [6, 6.07) is 24.5. The van der Waals surface area contributed by atoms with Crippen molar-refractivity contribution in [3.8, 4) is 12.1 Å². The van der Waals surface area contributed by atoms with Crippen molar-refractivity contribution in [1.29, 1.82) is 10.5 Å². The molecular formula is C27H34ClN2O4PSi. The Morgan fingerprint density at radius 2 is 1.42 bits per heavy atom. The van der Waals surface area contributed by atoms with Gasteiger partial charge in [-0.25, -0.2) is 0 Å². The summed E-state index contributed by atoms with van der Waals surface area (Å²) in [5, 5.41) is 20.1. The van der Waals surface area contributed by atoms with Gasteiger partial charge < -0.3 is 13.5 Å². The molecule has 6 nitrogen and oxygen atoms in total. The molecule has 0 aliphatic heterocycles. The van der Waals surface area contributed by atoms with Crippen molar-refractivity contribution in [3.05, 3.63) is 71.8 Å². The van der Waals surface area contributed by atoms with Gasteiger partial charge in [-0.05, 0) is 21.8 Å². The van der Waals surface area contributed by atoms with Gasteiger partial charge in [-0.1, -0.05) is 99.1 Å². The van der Waals surface area contributed by atoms with Crippen LogP contribution < -0.4 is 10.4 Å². The van der Waals surface area contributed by atoms with Gasteiger partial charge in [0, 0.05) is 5.03 Å². The van der Waals surface area contributed by atoms with Gasteiger partial charge in [0.15, 0.2) is 0 Å². The molecule has 0 aliphatic rings. The molecule has 0 heterocycles. The van der Waals surface area contributed by atoms with E-state index in [0.29, 0.717) is 11.5 Å². The number of allylic oxidation sites excluding steroid dienone is 1. The van der Waals surface area contributed by atoms with Gasteiger partial charge in [0.2, 0.25) is 0 Å². The van der Waals surface area contributed by atoms with Gasteiger partial charge in [0.1, 0.15) is 0 Å². The fraction of sp³-hybridized carbons (Fsp3) is 0.407. The lowest BCUT2D eigenvalue weighted by molar-refractivity contribution is 0.211. The molecule has 9 heteroatoms. The molecule has 0 N–H and O–H groups in total. The minimum atomic E-state index is -3.45. The van der Waals surface area contributed by atoms with E-state index in [4.69, 9.17) is 35.6 Å². The molecule has 36 heavy (non-hydrogen) atoms. The normalized spacial score (nSPS) is 12.7. The molecule has 0 fully saturated rings. The van der Waals surface area contributed by atoms with Crippen molar-refractivity contribution < 1.29 is 18.0 Å². The number of benzene rings is 2. The number of nitrogens with zero attached hydrogens (tertiary/aromatic N) is 2. The second kappa shape index (κ2) is 14.5. The van der Waals surface area contributed by atoms with Crippen molar-refractivity contribution in [2.24, 2.45) is 0 Å². The topological polar surface area (TPSA) is 92.3 Å². The van der Waals surface area contributed by atoms with Gasteiger partial charge in [-0.3, -0.25) is 4.57 Å². The zero-order valence-electron chi connectivity index (χ0n) is 21.2. The molecule has 0 atom stereocenters. The lowest BCUT2D eigenvalue weighted by Gasteiger charge is -2.43. The summed E-state index contributed by atoms with van der Waals surface area (Å²) in [6.07, 6.45) is 2.43. The Balaban J connectivity index is 2.21. The SMILES string of the molecule is CC(C)(C)[Si](OC/C(Cl)=C/CCP(=O)(OCCC#N)OCCC#N)(c1ccccc1)c1ccccc1. The fourth-order valence-electron chi connectivity index (χ4n) is 4.00. The molecular weight excluding hydrogens is 511 g/mol. The third-order valence-corrected chi connectivity index (χ3v) is 12.8. The molecule has 0 bridgehead atoms. The average Bonchev–Trinajstić information content (AvgIpc) is 2.85. The van der Waals surface area contributed by atoms with Gasteiger partial charge in [-0.15, -0.1) is 0 Å². The molecule has 0 amide bonds. The van der Waals surface area contributed by atoms with Crippen molar-refractivity contribution >= 4 is 37.9 Å². The highest BCUT2D eigenvalue weighted by Gasteiger charge is 2.50. The molecule has 0 saturated carbocycles. The van der Waals surface area contributed by atoms with E-state index in [1.165, 1.54) is 0 Å². The van der Waals surface area contributed by atoms with E-state index < -0.39 is 15.9 Å². The second-order valence-corrected chi connectivity index (χ2v) is 16.2. The van der Waals surface area contributed by atoms with Crippen molar-refractivity contribution in [2.45, 2.75) is 45.1 Å². The third-order valence-electron chi connectivity index (χ3n) is 5.62. The Kier molecular flexibility index (Phi) is 12.1. The van der Waals surface area contributed by atoms with Crippen LogP contribution in [0.25, 0.3) is 0 Å². The maximum Gasteiger partial charge on any atom is 0.331 e. The Morgan fingerprint density at radius 1 is 0.944 bits per heavy atom. The Morgan fingerprint density at radius 3 is 1.83 bits per heavy atom. The first-order chi connectivity index (χ1) is 17.2. The largest absolute Gasteiger partial charge is 0.402 e. The van der Waals surface area contributed by atoms with Crippen LogP contribution in [0.2, 0.25) is 5.04 Å². The smallest absolute Gasteiger partial charge is 0.331 e. The summed E-state index contributed by atoms with van der Waals surface area (Å²) in [5.41, 5.74) is 0. The number of halogens is 1. The summed E-state index contributed by atoms with van der Waals surface area (Å²) >= 11 is 6.60. The van der Waals surface area contributed by atoms with Crippen LogP contribution in [0, 0.1) is 22.7 Å². The number of rotatable bonds is 14. The second-order valence-electron chi connectivity index (χ2n) is 9.21. The molecule has 0 aromatic heterocycles. The van der Waals surface area contributed by atoms with Gasteiger partial charge in [0.05, 0.1) is 51.0 Å². The molecule has 2 aromatic carbocycles. The summed E-state index contributed by atoms with van der Waals surface area (Å²) in [6.45, 7) is 6.83. The molecule has 192 valence electrons. The maximum absolute atomic E-state index is 13.0. The number of hydrogen-bond donors (Lipinski definition) is 0. The fourth-order valence-corrected chi connectivity index (χ4v) is 10.3. The van der Waals surface area contributed by atoms with Gasteiger partial charge in [-0.2, -0.15) is 10.5 Å². The van der Waals surface area contributed by atoms with E-state index in [0.717, 1.165) is 10.4 Å². The lowest BCUT2D eigenvalue weighted by atomic mass is 10.2. The molecule has 0 spiro atoms. The molecule has 0 aliphatic carbocycles. The molecule has 2 aromatic rings. The zero-order chi connectivity index (χ0) is 26.5. The minimum Gasteiger partial charge on any atom is -0.402 e. The van der Waals surface area contributed by atoms with E-state index in [1.54, 1.807) is 6.08 Å². The third kappa shape index (κ3) is 8.42. The van der Waals surface area contributed by atoms with Crippen LogP contribution in [-0.4, -0.2) is 34.3 Å². The summed E-state index contributed by atoms with van der Waals surface area (Å²) in [5.74, 6) is 0. The zero-order valence-corrected chi connectivity index (χ0v) is 23.8. The van der Waals surface area contributed by atoms with Gasteiger partial charge >= 0.3 is 7.60 Å². The van der Waals surface area contributed by atoms with E-state index in [1.807, 2.05) is 48.5 Å². The van der Waals surface area contributed by atoms with Crippen molar-refractivity contribution in [3.63, 3.8) is 0 Å². The van der Waals surface area contributed by atoms with Crippen LogP contribution in [0.3, 0.4) is 0 Å². The number of nitriles is 2. The predicted molar refractivity (Wildman–Crippen MR) is 147 cm³/mol. The Labute approximate surface area is 221 Å². The van der Waals surface area contributed by atoms with E-state index in [-0.39, 0.29) is 43.9 Å². The van der Waals surface area contributed by atoms with Crippen LogP contribution in [-0.2, 0) is 18.0 Å². The lowest BCUT2D eigenvalue weighted by Crippen LogP contribution is -2.66. The monoisotopic (exact) mass is 544 g/mol. The first-order valence-electron chi connectivity index (χ1n) is 11.9. The van der Waals surface area contributed by atoms with Crippen LogP contribution in [0.5, 0.6) is 0 Å². The molecule has 0 saturated heterocycles. The van der Waals surface area contributed by atoms with E-state index in [2.05, 4.69) is 45.0 Å². The first-order valence-corrected chi connectivity index (χ1v) is 15.9. The number of hydrogen-bond acceptors (Lipinski definition) is 6. The van der Waals surface area contributed by atoms with E-state index in [9.17, 15) is 4.57 Å². The quantitative estimate of drug-likeness (QED) is 0.161. The summed E-state index contributed by atoms with van der Waals surface area (Å²) < 4.78 is 30.6. The van der Waals surface area contributed by atoms with E-state index >= 15 is 0 Å². The predicted octanol–water partition coefficient (Wildman–Crippen LogP) is 6.13. The summed E-state index contributed by atoms with van der Waals surface area (Å²) in [7, 11) is -6.17. The van der Waals surface area contributed by atoms with Crippen LogP contribution in [0.4, 0.5) is 0 Å². The highest BCUT2D eigenvalue weighted by Crippen LogP contribution is 2.49. The Hall–Kier alpha value is -2.22. The average molecular weight is 545 g/mol. The first kappa shape index (κ1) is 30.0.